The van der Waals surface area contributed by atoms with Gasteiger partial charge in [-0.05, 0) is 62.8 Å². The Balaban J connectivity index is 1.93. The molecule has 106 valence electrons. The van der Waals surface area contributed by atoms with Crippen LogP contribution in [0.1, 0.15) is 51.6 Å². The minimum Gasteiger partial charge on any atom is -0.490 e. The molecule has 4 atom stereocenters. The molecule has 0 heterocycles. The van der Waals surface area contributed by atoms with Crippen molar-refractivity contribution in [2.45, 2.75) is 52.2 Å². The smallest absolute Gasteiger partial charge is 0.119 e. The minimum atomic E-state index is 0.393. The topological polar surface area (TPSA) is 21.3 Å². The van der Waals surface area contributed by atoms with Gasteiger partial charge in [0.1, 0.15) is 5.75 Å². The summed E-state index contributed by atoms with van der Waals surface area (Å²) in [5, 5.41) is 3.25. The van der Waals surface area contributed by atoms with E-state index in [0.29, 0.717) is 12.1 Å². The number of hydrogen-bond acceptors (Lipinski definition) is 2. The van der Waals surface area contributed by atoms with Crippen LogP contribution in [-0.4, -0.2) is 13.2 Å². The lowest BCUT2D eigenvalue weighted by atomic mass is 9.80. The van der Waals surface area contributed by atoms with Crippen molar-refractivity contribution in [2.75, 3.05) is 7.05 Å². The lowest BCUT2D eigenvalue weighted by molar-refractivity contribution is 0.101. The van der Waals surface area contributed by atoms with Crippen molar-refractivity contribution >= 4 is 0 Å². The van der Waals surface area contributed by atoms with Gasteiger partial charge in [0.2, 0.25) is 0 Å². The summed E-state index contributed by atoms with van der Waals surface area (Å²) in [5.74, 6) is 2.64. The third-order valence-electron chi connectivity index (χ3n) is 4.67. The van der Waals surface area contributed by atoms with Crippen LogP contribution in [0.3, 0.4) is 0 Å². The van der Waals surface area contributed by atoms with Gasteiger partial charge in [0, 0.05) is 6.04 Å². The van der Waals surface area contributed by atoms with Crippen molar-refractivity contribution in [1.29, 1.82) is 0 Å². The maximum absolute atomic E-state index is 6.12. The fourth-order valence-electron chi connectivity index (χ4n) is 2.80. The highest BCUT2D eigenvalue weighted by molar-refractivity contribution is 5.29. The van der Waals surface area contributed by atoms with E-state index >= 15 is 0 Å². The first-order chi connectivity index (χ1) is 9.10. The maximum Gasteiger partial charge on any atom is 0.119 e. The average Bonchev–Trinajstić information content (AvgIpc) is 2.43. The van der Waals surface area contributed by atoms with Crippen LogP contribution >= 0.6 is 0 Å². The summed E-state index contributed by atoms with van der Waals surface area (Å²) in [4.78, 5) is 0. The molecule has 1 saturated carbocycles. The van der Waals surface area contributed by atoms with Gasteiger partial charge in [0.05, 0.1) is 6.10 Å². The molecular formula is C17H27NO. The van der Waals surface area contributed by atoms with Gasteiger partial charge in [-0.3, -0.25) is 0 Å². The number of nitrogens with one attached hydrogen (secondary N) is 1. The number of rotatable bonds is 4. The Morgan fingerprint density at radius 1 is 1.11 bits per heavy atom. The molecule has 0 aliphatic heterocycles. The predicted octanol–water partition coefficient (Wildman–Crippen LogP) is 4.17. The number of benzene rings is 1. The van der Waals surface area contributed by atoms with Crippen molar-refractivity contribution in [1.82, 2.24) is 5.32 Å². The second kappa shape index (κ2) is 6.42. The van der Waals surface area contributed by atoms with Crippen LogP contribution < -0.4 is 10.1 Å². The van der Waals surface area contributed by atoms with Gasteiger partial charge in [0.25, 0.3) is 0 Å². The summed E-state index contributed by atoms with van der Waals surface area (Å²) >= 11 is 0. The Morgan fingerprint density at radius 2 is 1.79 bits per heavy atom. The molecule has 2 rings (SSSR count). The Labute approximate surface area is 117 Å². The van der Waals surface area contributed by atoms with Gasteiger partial charge in [-0.25, -0.2) is 0 Å². The Bertz CT molecular complexity index is 387. The lowest BCUT2D eigenvalue weighted by Crippen LogP contribution is -2.28. The van der Waals surface area contributed by atoms with Gasteiger partial charge in [-0.1, -0.05) is 26.0 Å². The van der Waals surface area contributed by atoms with E-state index in [-0.39, 0.29) is 0 Å². The molecule has 0 aromatic heterocycles. The first-order valence-corrected chi connectivity index (χ1v) is 7.54. The molecule has 0 spiro atoms. The summed E-state index contributed by atoms with van der Waals surface area (Å²) in [5.41, 5.74) is 1.31. The third-order valence-corrected chi connectivity index (χ3v) is 4.67. The molecule has 4 unspecified atom stereocenters. The van der Waals surface area contributed by atoms with Crippen LogP contribution in [0.2, 0.25) is 0 Å². The van der Waals surface area contributed by atoms with Crippen molar-refractivity contribution in [3.05, 3.63) is 29.8 Å². The quantitative estimate of drug-likeness (QED) is 0.878. The van der Waals surface area contributed by atoms with Crippen molar-refractivity contribution in [2.24, 2.45) is 11.8 Å². The summed E-state index contributed by atoms with van der Waals surface area (Å²) < 4.78 is 6.12. The van der Waals surface area contributed by atoms with Crippen LogP contribution in [0.15, 0.2) is 24.3 Å². The molecule has 1 aliphatic rings. The van der Waals surface area contributed by atoms with Crippen LogP contribution in [0, 0.1) is 11.8 Å². The zero-order valence-corrected chi connectivity index (χ0v) is 12.6. The molecule has 1 N–H and O–H groups in total. The van der Waals surface area contributed by atoms with E-state index in [1.54, 1.807) is 0 Å². The lowest BCUT2D eigenvalue weighted by Gasteiger charge is -2.32. The SMILES string of the molecule is CNC(C)c1ccc(OC2CCC(C)C(C)C2)cc1. The van der Waals surface area contributed by atoms with Crippen LogP contribution in [0.5, 0.6) is 5.75 Å². The molecule has 1 aliphatic carbocycles. The second-order valence-corrected chi connectivity index (χ2v) is 6.09. The molecule has 0 amide bonds. The standard InChI is InChI=1S/C17H27NO/c1-12-5-8-17(11-13(12)2)19-16-9-6-15(7-10-16)14(3)18-4/h6-7,9-10,12-14,17-18H,5,8,11H2,1-4H3. The zero-order valence-electron chi connectivity index (χ0n) is 12.6. The summed E-state index contributed by atoms with van der Waals surface area (Å²) in [7, 11) is 1.99. The zero-order chi connectivity index (χ0) is 13.8. The van der Waals surface area contributed by atoms with E-state index < -0.39 is 0 Å². The normalized spacial score (nSPS) is 28.9. The first kappa shape index (κ1) is 14.4. The molecule has 0 bridgehead atoms. The fraction of sp³-hybridized carbons (Fsp3) is 0.647. The molecule has 1 fully saturated rings. The molecular weight excluding hydrogens is 234 g/mol. The molecule has 1 aromatic rings. The summed E-state index contributed by atoms with van der Waals surface area (Å²) in [6, 6.07) is 8.92. The van der Waals surface area contributed by atoms with Gasteiger partial charge < -0.3 is 10.1 Å². The molecule has 0 saturated heterocycles. The molecule has 0 radical (unpaired) electrons. The van der Waals surface area contributed by atoms with E-state index in [1.807, 2.05) is 7.05 Å². The highest BCUT2D eigenvalue weighted by Crippen LogP contribution is 2.32. The average molecular weight is 261 g/mol. The Hall–Kier alpha value is -1.02. The summed E-state index contributed by atoms with van der Waals surface area (Å²) in [6.07, 6.45) is 4.08. The van der Waals surface area contributed by atoms with Gasteiger partial charge in [-0.15, -0.1) is 0 Å². The maximum atomic E-state index is 6.12. The van der Waals surface area contributed by atoms with Gasteiger partial charge >= 0.3 is 0 Å². The predicted molar refractivity (Wildman–Crippen MR) is 80.5 cm³/mol. The van der Waals surface area contributed by atoms with E-state index in [1.165, 1.54) is 24.8 Å². The largest absolute Gasteiger partial charge is 0.490 e. The van der Waals surface area contributed by atoms with Crippen molar-refractivity contribution in [3.63, 3.8) is 0 Å². The molecule has 1 aromatic carbocycles. The van der Waals surface area contributed by atoms with E-state index in [9.17, 15) is 0 Å². The van der Waals surface area contributed by atoms with E-state index in [2.05, 4.69) is 50.4 Å². The van der Waals surface area contributed by atoms with Crippen LogP contribution in [-0.2, 0) is 0 Å². The monoisotopic (exact) mass is 261 g/mol. The van der Waals surface area contributed by atoms with Gasteiger partial charge in [-0.2, -0.15) is 0 Å². The highest BCUT2D eigenvalue weighted by atomic mass is 16.5. The van der Waals surface area contributed by atoms with Crippen LogP contribution in [0.25, 0.3) is 0 Å². The Morgan fingerprint density at radius 3 is 2.37 bits per heavy atom. The highest BCUT2D eigenvalue weighted by Gasteiger charge is 2.25. The number of ether oxygens (including phenoxy) is 1. The molecule has 2 heteroatoms. The van der Waals surface area contributed by atoms with Gasteiger partial charge in [0.15, 0.2) is 0 Å². The Kier molecular flexibility index (Phi) is 4.87. The molecule has 2 nitrogen and oxygen atoms in total. The summed E-state index contributed by atoms with van der Waals surface area (Å²) in [6.45, 7) is 6.87. The van der Waals surface area contributed by atoms with E-state index in [0.717, 1.165) is 17.6 Å². The molecule has 19 heavy (non-hydrogen) atoms. The van der Waals surface area contributed by atoms with Crippen molar-refractivity contribution in [3.8, 4) is 5.75 Å². The second-order valence-electron chi connectivity index (χ2n) is 6.09. The third kappa shape index (κ3) is 3.73. The fourth-order valence-corrected chi connectivity index (χ4v) is 2.80. The minimum absolute atomic E-state index is 0.393. The number of hydrogen-bond donors (Lipinski definition) is 1. The first-order valence-electron chi connectivity index (χ1n) is 7.54. The van der Waals surface area contributed by atoms with Crippen molar-refractivity contribution < 1.29 is 4.74 Å². The van der Waals surface area contributed by atoms with Crippen LogP contribution in [0.4, 0.5) is 0 Å². The van der Waals surface area contributed by atoms with E-state index in [4.69, 9.17) is 4.74 Å².